The zero-order valence-corrected chi connectivity index (χ0v) is 14.3. The summed E-state index contributed by atoms with van der Waals surface area (Å²) in [6.45, 7) is 9.71. The van der Waals surface area contributed by atoms with Crippen LogP contribution in [0.3, 0.4) is 0 Å². The molecule has 0 spiro atoms. The van der Waals surface area contributed by atoms with Gasteiger partial charge in [-0.3, -0.25) is 0 Å². The highest BCUT2D eigenvalue weighted by Gasteiger charge is 2.17. The van der Waals surface area contributed by atoms with Crippen molar-refractivity contribution in [3.8, 4) is 10.6 Å². The molecule has 0 saturated heterocycles. The summed E-state index contributed by atoms with van der Waals surface area (Å²) in [4.78, 5) is 10.7. The molecule has 0 amide bonds. The lowest BCUT2D eigenvalue weighted by atomic mass is 10.1. The molecule has 0 aliphatic carbocycles. The zero-order valence-electron chi connectivity index (χ0n) is 12.7. The number of aromatic nitrogens is 2. The number of thiazole rings is 2. The molecule has 110 valence electrons. The molecule has 1 N–H and O–H groups in total. The second kappa shape index (κ2) is 7.18. The predicted molar refractivity (Wildman–Crippen MR) is 90.1 cm³/mol. The summed E-state index contributed by atoms with van der Waals surface area (Å²) >= 11 is 3.49. The Morgan fingerprint density at radius 3 is 2.60 bits per heavy atom. The average molecular weight is 310 g/mol. The summed E-state index contributed by atoms with van der Waals surface area (Å²) in [6, 6.07) is 0. The Bertz CT molecular complexity index is 541. The summed E-state index contributed by atoms with van der Waals surface area (Å²) < 4.78 is 0. The molecule has 3 nitrogen and oxygen atoms in total. The van der Waals surface area contributed by atoms with Crippen molar-refractivity contribution in [1.82, 2.24) is 9.97 Å². The Hall–Kier alpha value is -0.940. The average Bonchev–Trinajstić information content (AvgIpc) is 3.05. The molecule has 0 aliphatic rings. The van der Waals surface area contributed by atoms with Crippen LogP contribution >= 0.6 is 22.7 Å². The highest BCUT2D eigenvalue weighted by molar-refractivity contribution is 7.17. The zero-order chi connectivity index (χ0) is 14.5. The third-order valence-electron chi connectivity index (χ3n) is 3.41. The molecule has 0 atom stereocenters. The van der Waals surface area contributed by atoms with E-state index < -0.39 is 0 Å². The lowest BCUT2D eigenvalue weighted by Crippen LogP contribution is -1.98. The Balaban J connectivity index is 2.22. The Morgan fingerprint density at radius 2 is 1.95 bits per heavy atom. The van der Waals surface area contributed by atoms with Crippen LogP contribution in [0.25, 0.3) is 10.6 Å². The second-order valence-electron chi connectivity index (χ2n) is 4.94. The van der Waals surface area contributed by atoms with E-state index in [9.17, 15) is 0 Å². The van der Waals surface area contributed by atoms with Gasteiger partial charge in [0.2, 0.25) is 0 Å². The fraction of sp³-hybridized carbons (Fsp3) is 0.600. The lowest BCUT2D eigenvalue weighted by molar-refractivity contribution is 0.636. The van der Waals surface area contributed by atoms with Gasteiger partial charge in [-0.05, 0) is 26.2 Å². The molecule has 20 heavy (non-hydrogen) atoms. The van der Waals surface area contributed by atoms with E-state index in [0.29, 0.717) is 5.92 Å². The number of nitrogens with zero attached hydrogens (tertiary/aromatic N) is 2. The molecule has 0 unspecified atom stereocenters. The molecule has 2 aromatic heterocycles. The van der Waals surface area contributed by atoms with Crippen molar-refractivity contribution in [2.24, 2.45) is 0 Å². The standard InChI is InChI=1S/C15H23N3S2/c1-5-8-16-15-18-12(9-19-15)13-10(4)17-14(20-13)11(6-2)7-3/h9,11H,5-8H2,1-4H3,(H,16,18). The van der Waals surface area contributed by atoms with Crippen LogP contribution in [0.15, 0.2) is 5.38 Å². The molecule has 0 saturated carbocycles. The van der Waals surface area contributed by atoms with Crippen molar-refractivity contribution in [2.45, 2.75) is 52.9 Å². The van der Waals surface area contributed by atoms with Gasteiger partial charge >= 0.3 is 0 Å². The van der Waals surface area contributed by atoms with Crippen LogP contribution in [-0.4, -0.2) is 16.5 Å². The molecule has 5 heteroatoms. The fourth-order valence-corrected chi connectivity index (χ4v) is 4.26. The van der Waals surface area contributed by atoms with Crippen LogP contribution in [0.2, 0.25) is 0 Å². The lowest BCUT2D eigenvalue weighted by Gasteiger charge is -2.06. The van der Waals surface area contributed by atoms with E-state index in [-0.39, 0.29) is 0 Å². The van der Waals surface area contributed by atoms with Gasteiger partial charge in [0, 0.05) is 17.8 Å². The van der Waals surface area contributed by atoms with Crippen LogP contribution in [0.5, 0.6) is 0 Å². The Labute approximate surface area is 129 Å². The maximum atomic E-state index is 4.76. The molecule has 2 aromatic rings. The first-order chi connectivity index (χ1) is 9.69. The van der Waals surface area contributed by atoms with Gasteiger partial charge in [-0.25, -0.2) is 9.97 Å². The van der Waals surface area contributed by atoms with E-state index in [1.807, 2.05) is 11.3 Å². The van der Waals surface area contributed by atoms with E-state index in [1.54, 1.807) is 11.3 Å². The van der Waals surface area contributed by atoms with Gasteiger partial charge in [0.1, 0.15) is 0 Å². The highest BCUT2D eigenvalue weighted by atomic mass is 32.1. The predicted octanol–water partition coefficient (Wildman–Crippen LogP) is 5.30. The first-order valence-electron chi connectivity index (χ1n) is 7.36. The van der Waals surface area contributed by atoms with Gasteiger partial charge in [-0.2, -0.15) is 0 Å². The number of rotatable bonds is 7. The van der Waals surface area contributed by atoms with Gasteiger partial charge in [-0.1, -0.05) is 20.8 Å². The monoisotopic (exact) mass is 309 g/mol. The molecular weight excluding hydrogens is 286 g/mol. The van der Waals surface area contributed by atoms with Gasteiger partial charge in [0.15, 0.2) is 5.13 Å². The van der Waals surface area contributed by atoms with Crippen LogP contribution < -0.4 is 5.32 Å². The van der Waals surface area contributed by atoms with Crippen molar-refractivity contribution >= 4 is 27.8 Å². The van der Waals surface area contributed by atoms with Crippen molar-refractivity contribution in [3.63, 3.8) is 0 Å². The maximum absolute atomic E-state index is 4.76. The molecule has 0 fully saturated rings. The summed E-state index contributed by atoms with van der Waals surface area (Å²) in [5.41, 5.74) is 2.19. The first kappa shape index (κ1) is 15.4. The van der Waals surface area contributed by atoms with Crippen molar-refractivity contribution in [3.05, 3.63) is 16.1 Å². The minimum absolute atomic E-state index is 0.587. The first-order valence-corrected chi connectivity index (χ1v) is 9.06. The number of nitrogens with one attached hydrogen (secondary N) is 1. The summed E-state index contributed by atoms with van der Waals surface area (Å²) in [5.74, 6) is 0.587. The van der Waals surface area contributed by atoms with E-state index in [0.717, 1.165) is 42.3 Å². The molecule has 2 rings (SSSR count). The fourth-order valence-electron chi connectivity index (χ4n) is 2.16. The van der Waals surface area contributed by atoms with Crippen molar-refractivity contribution in [2.75, 3.05) is 11.9 Å². The van der Waals surface area contributed by atoms with Crippen LogP contribution in [-0.2, 0) is 0 Å². The number of hydrogen-bond donors (Lipinski definition) is 1. The van der Waals surface area contributed by atoms with Crippen LogP contribution in [0.4, 0.5) is 5.13 Å². The minimum Gasteiger partial charge on any atom is -0.362 e. The number of aryl methyl sites for hydroxylation is 1. The van der Waals surface area contributed by atoms with Gasteiger partial charge in [0.25, 0.3) is 0 Å². The number of hydrogen-bond acceptors (Lipinski definition) is 5. The third kappa shape index (κ3) is 3.38. The maximum Gasteiger partial charge on any atom is 0.183 e. The molecule has 0 aromatic carbocycles. The van der Waals surface area contributed by atoms with Crippen LogP contribution in [0, 0.1) is 6.92 Å². The quantitative estimate of drug-likeness (QED) is 0.754. The Kier molecular flexibility index (Phi) is 5.54. The van der Waals surface area contributed by atoms with E-state index in [1.165, 1.54) is 9.88 Å². The summed E-state index contributed by atoms with van der Waals surface area (Å²) in [6.07, 6.45) is 3.43. The van der Waals surface area contributed by atoms with E-state index >= 15 is 0 Å². The van der Waals surface area contributed by atoms with Crippen molar-refractivity contribution in [1.29, 1.82) is 0 Å². The van der Waals surface area contributed by atoms with Gasteiger partial charge in [0.05, 0.1) is 21.3 Å². The topological polar surface area (TPSA) is 37.8 Å². The van der Waals surface area contributed by atoms with Gasteiger partial charge in [-0.15, -0.1) is 22.7 Å². The third-order valence-corrected chi connectivity index (χ3v) is 5.55. The molecular formula is C15H23N3S2. The largest absolute Gasteiger partial charge is 0.362 e. The SMILES string of the molecule is CCCNc1nc(-c2sc(C(CC)CC)nc2C)cs1. The summed E-state index contributed by atoms with van der Waals surface area (Å²) in [5, 5.41) is 7.76. The molecule has 0 bridgehead atoms. The molecule has 2 heterocycles. The smallest absolute Gasteiger partial charge is 0.183 e. The minimum atomic E-state index is 0.587. The van der Waals surface area contributed by atoms with E-state index in [4.69, 9.17) is 4.98 Å². The van der Waals surface area contributed by atoms with Gasteiger partial charge < -0.3 is 5.32 Å². The normalized spacial score (nSPS) is 11.2. The number of anilines is 1. The Morgan fingerprint density at radius 1 is 1.20 bits per heavy atom. The molecule has 0 aliphatic heterocycles. The second-order valence-corrected chi connectivity index (χ2v) is 6.83. The van der Waals surface area contributed by atoms with Crippen LogP contribution in [0.1, 0.15) is 56.7 Å². The molecule has 0 radical (unpaired) electrons. The summed E-state index contributed by atoms with van der Waals surface area (Å²) in [7, 11) is 0. The van der Waals surface area contributed by atoms with Crippen molar-refractivity contribution < 1.29 is 0 Å². The highest BCUT2D eigenvalue weighted by Crippen LogP contribution is 2.36. The van der Waals surface area contributed by atoms with E-state index in [2.05, 4.69) is 43.4 Å².